The molecule has 2 fully saturated rings. The van der Waals surface area contributed by atoms with Crippen LogP contribution in [0.3, 0.4) is 0 Å². The van der Waals surface area contributed by atoms with Gasteiger partial charge in [0.2, 0.25) is 0 Å². The molecular weight excluding hydrogens is 789 g/mol. The van der Waals surface area contributed by atoms with Crippen LogP contribution in [-0.2, 0) is 50.0 Å². The molecule has 61 heavy (non-hydrogen) atoms. The number of hydrogen-bond donors (Lipinski definition) is 5. The summed E-state index contributed by atoms with van der Waals surface area (Å²) >= 11 is 0. The summed E-state index contributed by atoms with van der Waals surface area (Å²) in [6.07, 6.45) is -11.4. The smallest absolute Gasteiger partial charge is 0.410 e. The summed E-state index contributed by atoms with van der Waals surface area (Å²) in [7, 11) is 0. The van der Waals surface area contributed by atoms with Gasteiger partial charge in [-0.25, -0.2) is 14.4 Å². The van der Waals surface area contributed by atoms with Crippen LogP contribution < -0.4 is 10.6 Å². The number of hydrogen-bond acceptors (Lipinski definition) is 12. The van der Waals surface area contributed by atoms with Crippen LogP contribution in [0.2, 0.25) is 0 Å². The zero-order valence-electron chi connectivity index (χ0n) is 33.5. The number of nitrogens with one attached hydrogen (secondary N) is 2. The Morgan fingerprint density at radius 1 is 0.705 bits per heavy atom. The first kappa shape index (κ1) is 44.4. The molecule has 0 spiro atoms. The summed E-state index contributed by atoms with van der Waals surface area (Å²) < 4.78 is 29.2. The van der Waals surface area contributed by atoms with Crippen molar-refractivity contribution in [2.75, 3.05) is 0 Å². The van der Waals surface area contributed by atoms with E-state index in [2.05, 4.69) is 20.7 Å². The van der Waals surface area contributed by atoms with Crippen molar-refractivity contribution in [2.45, 2.75) is 107 Å². The van der Waals surface area contributed by atoms with Gasteiger partial charge in [-0.1, -0.05) is 126 Å². The maximum Gasteiger partial charge on any atom is 0.410 e. The molecule has 2 aliphatic rings. The van der Waals surface area contributed by atoms with E-state index in [1.807, 2.05) is 60.7 Å². The van der Waals surface area contributed by atoms with Crippen molar-refractivity contribution in [3.05, 3.63) is 154 Å². The second-order valence-electron chi connectivity index (χ2n) is 14.8. The molecule has 1 saturated carbocycles. The number of ether oxygens (including phenoxy) is 5. The van der Waals surface area contributed by atoms with E-state index in [-0.39, 0.29) is 32.8 Å². The van der Waals surface area contributed by atoms with Crippen LogP contribution in [0.1, 0.15) is 42.0 Å². The molecule has 3 amide bonds. The van der Waals surface area contributed by atoms with Crippen molar-refractivity contribution in [3.63, 3.8) is 0 Å². The normalized spacial score (nSPS) is 25.1. The lowest BCUT2D eigenvalue weighted by molar-refractivity contribution is -0.269. The fraction of sp³-hybridized carbons (Fsp3) is 0.386. The second-order valence-corrected chi connectivity index (χ2v) is 14.8. The van der Waals surface area contributed by atoms with E-state index in [0.717, 1.165) is 11.1 Å². The Morgan fingerprint density at radius 3 is 1.69 bits per heavy atom. The fourth-order valence-corrected chi connectivity index (χ4v) is 7.32. The first-order chi connectivity index (χ1) is 29.6. The molecule has 10 atom stereocenters. The first-order valence-corrected chi connectivity index (χ1v) is 20.0. The molecule has 0 radical (unpaired) electrons. The average Bonchev–Trinajstić information content (AvgIpc) is 3.29. The Hall–Kier alpha value is -6.20. The van der Waals surface area contributed by atoms with Crippen molar-refractivity contribution < 1.29 is 53.4 Å². The van der Waals surface area contributed by atoms with Crippen LogP contribution >= 0.6 is 0 Å². The zero-order valence-corrected chi connectivity index (χ0v) is 33.5. The van der Waals surface area contributed by atoms with Crippen LogP contribution in [0.25, 0.3) is 10.4 Å². The Morgan fingerprint density at radius 2 is 1.18 bits per heavy atom. The molecule has 1 aliphatic carbocycles. The van der Waals surface area contributed by atoms with Crippen LogP contribution in [-0.4, -0.2) is 99.5 Å². The highest BCUT2D eigenvalue weighted by molar-refractivity contribution is 5.69. The summed E-state index contributed by atoms with van der Waals surface area (Å²) in [5.41, 5.74) is 12.5. The van der Waals surface area contributed by atoms with Gasteiger partial charge in [-0.2, -0.15) is 0 Å². The number of rotatable bonds is 15. The zero-order chi connectivity index (χ0) is 43.1. The molecular formula is C44H50N6O11. The number of nitrogens with zero attached hydrogens (tertiary/aromatic N) is 4. The molecule has 5 N–H and O–H groups in total. The minimum absolute atomic E-state index is 0.0287. The summed E-state index contributed by atoms with van der Waals surface area (Å²) in [5.74, 6) is 0. The molecule has 6 rings (SSSR count). The highest BCUT2D eigenvalue weighted by atomic mass is 16.7. The third-order valence-electron chi connectivity index (χ3n) is 10.7. The Balaban J connectivity index is 1.21. The minimum atomic E-state index is -1.88. The molecule has 1 aliphatic heterocycles. The van der Waals surface area contributed by atoms with Gasteiger partial charge >= 0.3 is 18.3 Å². The topological polar surface area (TPSA) is 234 Å². The molecule has 17 nitrogen and oxygen atoms in total. The quantitative estimate of drug-likeness (QED) is 0.0436. The van der Waals surface area contributed by atoms with Gasteiger partial charge in [-0.15, -0.1) is 0 Å². The monoisotopic (exact) mass is 838 g/mol. The number of alkyl carbamates (subject to hydrolysis) is 2. The molecule has 0 bridgehead atoms. The molecule has 1 heterocycles. The van der Waals surface area contributed by atoms with E-state index in [0.29, 0.717) is 17.5 Å². The Kier molecular flexibility index (Phi) is 15.9. The van der Waals surface area contributed by atoms with Crippen molar-refractivity contribution in [3.8, 4) is 0 Å². The molecule has 322 valence electrons. The van der Waals surface area contributed by atoms with Crippen LogP contribution in [0.15, 0.2) is 126 Å². The predicted molar refractivity (Wildman–Crippen MR) is 219 cm³/mol. The van der Waals surface area contributed by atoms with Gasteiger partial charge in [-0.05, 0) is 47.6 Å². The van der Waals surface area contributed by atoms with Crippen molar-refractivity contribution in [1.29, 1.82) is 0 Å². The Labute approximate surface area is 352 Å². The third-order valence-corrected chi connectivity index (χ3v) is 10.7. The number of amides is 3. The van der Waals surface area contributed by atoms with Gasteiger partial charge < -0.3 is 49.6 Å². The minimum Gasteiger partial charge on any atom is -0.445 e. The number of carbonyl (C=O) groups is 3. The maximum absolute atomic E-state index is 13.8. The standard InChI is InChI=1S/C44H50N6O11/c1-28(50(24-29-14-6-2-7-15-29)44(56)59-27-32-20-12-5-13-21-32)34-23-22-33(48-49-45)41(60-34)61-40-36(47-43(55)58-26-31-18-10-4-11-19-31)37(51)35(38(52)39(40)53)46-42(54)57-25-30-16-8-3-9-17-30/h2-21,28,33-41,51-53H,22-27H2,1H3,(H,46,54)(H,47,55)/t28-,33-,34+,35-,36+,37-,38+,39-,40-,41-/m1/s1. The van der Waals surface area contributed by atoms with Gasteiger partial charge in [-0.3, -0.25) is 4.90 Å². The van der Waals surface area contributed by atoms with E-state index in [1.54, 1.807) is 67.6 Å². The Bertz CT molecular complexity index is 2050. The van der Waals surface area contributed by atoms with Gasteiger partial charge in [0.15, 0.2) is 6.29 Å². The van der Waals surface area contributed by atoms with Crippen molar-refractivity contribution in [2.24, 2.45) is 5.11 Å². The second kappa shape index (κ2) is 21.9. The number of aliphatic hydroxyl groups excluding tert-OH is 3. The van der Waals surface area contributed by atoms with Gasteiger partial charge in [0.1, 0.15) is 38.1 Å². The molecule has 4 aromatic rings. The summed E-state index contributed by atoms with van der Waals surface area (Å²) in [6, 6.07) is 31.5. The molecule has 1 saturated heterocycles. The number of aliphatic hydroxyl groups is 3. The average molecular weight is 839 g/mol. The first-order valence-electron chi connectivity index (χ1n) is 20.0. The number of benzene rings is 4. The number of azide groups is 1. The van der Waals surface area contributed by atoms with Crippen LogP contribution in [0.5, 0.6) is 0 Å². The van der Waals surface area contributed by atoms with Crippen LogP contribution in [0.4, 0.5) is 14.4 Å². The number of carbonyl (C=O) groups excluding carboxylic acids is 3. The fourth-order valence-electron chi connectivity index (χ4n) is 7.32. The summed E-state index contributed by atoms with van der Waals surface area (Å²) in [5, 5.41) is 43.6. The van der Waals surface area contributed by atoms with Gasteiger partial charge in [0, 0.05) is 11.5 Å². The molecule has 17 heteroatoms. The third kappa shape index (κ3) is 12.2. The predicted octanol–water partition coefficient (Wildman–Crippen LogP) is 5.47. The van der Waals surface area contributed by atoms with Crippen molar-refractivity contribution >= 4 is 18.3 Å². The van der Waals surface area contributed by atoms with Gasteiger partial charge in [0.05, 0.1) is 36.4 Å². The van der Waals surface area contributed by atoms with Crippen LogP contribution in [0, 0.1) is 0 Å². The largest absolute Gasteiger partial charge is 0.445 e. The highest BCUT2D eigenvalue weighted by Gasteiger charge is 2.53. The lowest BCUT2D eigenvalue weighted by Gasteiger charge is -2.48. The lowest BCUT2D eigenvalue weighted by Crippen LogP contribution is -2.73. The maximum atomic E-state index is 13.8. The van der Waals surface area contributed by atoms with E-state index in [4.69, 9.17) is 23.7 Å². The lowest BCUT2D eigenvalue weighted by atomic mass is 9.81. The molecule has 0 aromatic heterocycles. The van der Waals surface area contributed by atoms with E-state index < -0.39 is 79.3 Å². The highest BCUT2D eigenvalue weighted by Crippen LogP contribution is 2.33. The molecule has 4 aromatic carbocycles. The van der Waals surface area contributed by atoms with Crippen molar-refractivity contribution in [1.82, 2.24) is 15.5 Å². The molecule has 0 unspecified atom stereocenters. The summed E-state index contributed by atoms with van der Waals surface area (Å²) in [6.45, 7) is 1.71. The SMILES string of the molecule is C[C@H]([C@@H]1CC[C@@H](N=[N+]=[N-])[C@@H](O[C@H]2[C@H](O)[C@@H](O)[C@H](NC(=O)OCc3ccccc3)[C@@H](O)[C@@H]2NC(=O)OCc2ccccc2)O1)N(Cc1ccccc1)C(=O)OCc1ccccc1. The van der Waals surface area contributed by atoms with E-state index in [9.17, 15) is 35.2 Å². The summed E-state index contributed by atoms with van der Waals surface area (Å²) in [4.78, 5) is 44.5. The van der Waals surface area contributed by atoms with E-state index >= 15 is 0 Å². The van der Waals surface area contributed by atoms with E-state index in [1.165, 1.54) is 4.90 Å². The van der Waals surface area contributed by atoms with Gasteiger partial charge in [0.25, 0.3) is 0 Å².